The Morgan fingerprint density at radius 1 is 0.853 bits per heavy atom. The standard InChI is InChI=1S/C24H20ClN3O6/c1-32-19-10-8-18(9-11-19)27-22(29)23(30)28-26-14-15-3-12-20(21(13-15)33-2)34-24(31)16-4-6-17(25)7-5-16/h3-14H,1-2H3,(H,27,29)(H,28,30)/b26-14-. The van der Waals surface area contributed by atoms with E-state index in [2.05, 4.69) is 15.8 Å². The fourth-order valence-corrected chi connectivity index (χ4v) is 2.80. The number of halogens is 1. The number of hydrogen-bond acceptors (Lipinski definition) is 7. The highest BCUT2D eigenvalue weighted by Crippen LogP contribution is 2.28. The minimum atomic E-state index is -0.951. The molecule has 0 spiro atoms. The summed E-state index contributed by atoms with van der Waals surface area (Å²) in [5.41, 5.74) is 3.42. The van der Waals surface area contributed by atoms with Crippen molar-refractivity contribution < 1.29 is 28.6 Å². The number of rotatable bonds is 7. The fraction of sp³-hybridized carbons (Fsp3) is 0.0833. The second-order valence-corrected chi connectivity index (χ2v) is 7.12. The Labute approximate surface area is 200 Å². The highest BCUT2D eigenvalue weighted by atomic mass is 35.5. The van der Waals surface area contributed by atoms with Gasteiger partial charge in [0.15, 0.2) is 11.5 Å². The van der Waals surface area contributed by atoms with Gasteiger partial charge in [-0.25, -0.2) is 10.2 Å². The number of nitrogens with one attached hydrogen (secondary N) is 2. The summed E-state index contributed by atoms with van der Waals surface area (Å²) in [7, 11) is 2.94. The normalized spacial score (nSPS) is 10.4. The molecule has 0 fully saturated rings. The molecule has 3 rings (SSSR count). The van der Waals surface area contributed by atoms with Gasteiger partial charge in [-0.2, -0.15) is 5.10 Å². The van der Waals surface area contributed by atoms with Gasteiger partial charge in [0.2, 0.25) is 0 Å². The van der Waals surface area contributed by atoms with Crippen LogP contribution in [0.2, 0.25) is 5.02 Å². The van der Waals surface area contributed by atoms with Crippen molar-refractivity contribution in [1.29, 1.82) is 0 Å². The molecule has 0 bridgehead atoms. The summed E-state index contributed by atoms with van der Waals surface area (Å²) in [4.78, 5) is 36.3. The molecule has 0 aliphatic heterocycles. The summed E-state index contributed by atoms with van der Waals surface area (Å²) in [5, 5.41) is 6.72. The van der Waals surface area contributed by atoms with E-state index in [1.54, 1.807) is 60.7 Å². The number of hydrazone groups is 1. The second-order valence-electron chi connectivity index (χ2n) is 6.69. The molecule has 9 nitrogen and oxygen atoms in total. The lowest BCUT2D eigenvalue weighted by Gasteiger charge is -2.10. The molecule has 2 amide bonds. The van der Waals surface area contributed by atoms with E-state index in [4.69, 9.17) is 25.8 Å². The zero-order valence-electron chi connectivity index (χ0n) is 18.2. The Hall–Kier alpha value is -4.37. The van der Waals surface area contributed by atoms with Crippen LogP contribution in [0.5, 0.6) is 17.2 Å². The molecule has 0 heterocycles. The van der Waals surface area contributed by atoms with E-state index >= 15 is 0 Å². The van der Waals surface area contributed by atoms with E-state index in [-0.39, 0.29) is 11.5 Å². The molecular weight excluding hydrogens is 462 g/mol. The van der Waals surface area contributed by atoms with Crippen molar-refractivity contribution in [3.63, 3.8) is 0 Å². The molecule has 0 aliphatic rings. The van der Waals surface area contributed by atoms with Gasteiger partial charge >= 0.3 is 17.8 Å². The number of anilines is 1. The van der Waals surface area contributed by atoms with E-state index in [0.717, 1.165) is 0 Å². The first-order valence-electron chi connectivity index (χ1n) is 9.84. The van der Waals surface area contributed by atoms with Crippen LogP contribution in [0.3, 0.4) is 0 Å². The maximum Gasteiger partial charge on any atom is 0.343 e. The van der Waals surface area contributed by atoms with Gasteiger partial charge in [0, 0.05) is 10.7 Å². The van der Waals surface area contributed by atoms with Gasteiger partial charge in [-0.1, -0.05) is 11.6 Å². The van der Waals surface area contributed by atoms with Gasteiger partial charge in [0.05, 0.1) is 26.0 Å². The zero-order chi connectivity index (χ0) is 24.5. The predicted molar refractivity (Wildman–Crippen MR) is 127 cm³/mol. The van der Waals surface area contributed by atoms with Gasteiger partial charge in [0.1, 0.15) is 5.75 Å². The lowest BCUT2D eigenvalue weighted by atomic mass is 10.2. The smallest absolute Gasteiger partial charge is 0.343 e. The van der Waals surface area contributed by atoms with Gasteiger partial charge in [-0.3, -0.25) is 9.59 Å². The summed E-state index contributed by atoms with van der Waals surface area (Å²) < 4.78 is 15.7. The minimum absolute atomic E-state index is 0.197. The Morgan fingerprint density at radius 3 is 2.21 bits per heavy atom. The molecule has 0 unspecified atom stereocenters. The Morgan fingerprint density at radius 2 is 1.56 bits per heavy atom. The average Bonchev–Trinajstić information content (AvgIpc) is 2.85. The van der Waals surface area contributed by atoms with Crippen molar-refractivity contribution in [2.24, 2.45) is 5.10 Å². The van der Waals surface area contributed by atoms with E-state index in [1.165, 1.54) is 26.5 Å². The molecule has 0 radical (unpaired) electrons. The summed E-state index contributed by atoms with van der Waals surface area (Å²) in [6.45, 7) is 0. The molecule has 0 saturated heterocycles. The van der Waals surface area contributed by atoms with Crippen LogP contribution < -0.4 is 25.0 Å². The number of nitrogens with zero attached hydrogens (tertiary/aromatic N) is 1. The maximum absolute atomic E-state index is 12.3. The van der Waals surface area contributed by atoms with Crippen molar-refractivity contribution in [3.8, 4) is 17.2 Å². The molecule has 3 aromatic carbocycles. The van der Waals surface area contributed by atoms with Gasteiger partial charge in [0.25, 0.3) is 0 Å². The summed E-state index contributed by atoms with van der Waals surface area (Å²) in [6, 6.07) is 17.4. The molecule has 0 atom stereocenters. The topological polar surface area (TPSA) is 115 Å². The third-order valence-corrected chi connectivity index (χ3v) is 4.66. The molecule has 10 heteroatoms. The SMILES string of the molecule is COc1ccc(NC(=O)C(=O)N/N=C\c2ccc(OC(=O)c3ccc(Cl)cc3)c(OC)c2)cc1. The number of hydrogen-bond donors (Lipinski definition) is 2. The van der Waals surface area contributed by atoms with Crippen LogP contribution in [0.1, 0.15) is 15.9 Å². The van der Waals surface area contributed by atoms with Gasteiger partial charge < -0.3 is 19.5 Å². The van der Waals surface area contributed by atoms with E-state index in [0.29, 0.717) is 27.6 Å². The quantitative estimate of drug-likeness (QED) is 0.175. The van der Waals surface area contributed by atoms with Crippen LogP contribution in [0.15, 0.2) is 71.8 Å². The average molecular weight is 482 g/mol. The first-order chi connectivity index (χ1) is 16.4. The zero-order valence-corrected chi connectivity index (χ0v) is 19.0. The molecule has 0 aliphatic carbocycles. The molecular formula is C24H20ClN3O6. The van der Waals surface area contributed by atoms with E-state index in [9.17, 15) is 14.4 Å². The number of carbonyl (C=O) groups excluding carboxylic acids is 3. The number of amides is 2. The Bertz CT molecular complexity index is 1210. The number of benzene rings is 3. The molecule has 0 aromatic heterocycles. The minimum Gasteiger partial charge on any atom is -0.497 e. The van der Waals surface area contributed by atoms with E-state index in [1.807, 2.05) is 0 Å². The Balaban J connectivity index is 1.58. The lowest BCUT2D eigenvalue weighted by molar-refractivity contribution is -0.136. The number of esters is 1. The fourth-order valence-electron chi connectivity index (χ4n) is 2.67. The largest absolute Gasteiger partial charge is 0.497 e. The van der Waals surface area contributed by atoms with Crippen LogP contribution in [-0.4, -0.2) is 38.2 Å². The van der Waals surface area contributed by atoms with Crippen LogP contribution in [0.25, 0.3) is 0 Å². The second kappa shape index (κ2) is 11.5. The first-order valence-corrected chi connectivity index (χ1v) is 10.2. The molecule has 34 heavy (non-hydrogen) atoms. The van der Waals surface area contributed by atoms with Crippen molar-refractivity contribution >= 4 is 41.3 Å². The number of methoxy groups -OCH3 is 2. The molecule has 0 saturated carbocycles. The van der Waals surface area contributed by atoms with Crippen molar-refractivity contribution in [2.45, 2.75) is 0 Å². The summed E-state index contributed by atoms with van der Waals surface area (Å²) >= 11 is 5.83. The van der Waals surface area contributed by atoms with Crippen LogP contribution >= 0.6 is 11.6 Å². The van der Waals surface area contributed by atoms with Crippen LogP contribution in [0.4, 0.5) is 5.69 Å². The van der Waals surface area contributed by atoms with Crippen molar-refractivity contribution in [3.05, 3.63) is 82.9 Å². The number of carbonyl (C=O) groups is 3. The molecule has 3 aromatic rings. The van der Waals surface area contributed by atoms with Gasteiger partial charge in [-0.05, 0) is 72.3 Å². The Kier molecular flexibility index (Phi) is 8.20. The van der Waals surface area contributed by atoms with Crippen LogP contribution in [-0.2, 0) is 9.59 Å². The number of ether oxygens (including phenoxy) is 3. The summed E-state index contributed by atoms with van der Waals surface area (Å²) in [5.74, 6) is -1.32. The van der Waals surface area contributed by atoms with E-state index < -0.39 is 17.8 Å². The van der Waals surface area contributed by atoms with Crippen LogP contribution in [0, 0.1) is 0 Å². The highest BCUT2D eigenvalue weighted by molar-refractivity contribution is 6.39. The molecule has 174 valence electrons. The third kappa shape index (κ3) is 6.57. The van der Waals surface area contributed by atoms with Crippen molar-refractivity contribution in [2.75, 3.05) is 19.5 Å². The lowest BCUT2D eigenvalue weighted by Crippen LogP contribution is -2.32. The third-order valence-electron chi connectivity index (χ3n) is 4.40. The monoisotopic (exact) mass is 481 g/mol. The first kappa shape index (κ1) is 24.3. The molecule has 2 N–H and O–H groups in total. The predicted octanol–water partition coefficient (Wildman–Crippen LogP) is 3.67. The van der Waals surface area contributed by atoms with Gasteiger partial charge in [-0.15, -0.1) is 0 Å². The maximum atomic E-state index is 12.3. The summed E-state index contributed by atoms with van der Waals surface area (Å²) in [6.07, 6.45) is 1.31. The highest BCUT2D eigenvalue weighted by Gasteiger charge is 2.14. The van der Waals surface area contributed by atoms with Crippen molar-refractivity contribution in [1.82, 2.24) is 5.43 Å².